The van der Waals surface area contributed by atoms with E-state index in [9.17, 15) is 0 Å². The van der Waals surface area contributed by atoms with E-state index in [4.69, 9.17) is 18.9 Å². The second kappa shape index (κ2) is 56.5. The monoisotopic (exact) mass is 1840 g/mol. The van der Waals surface area contributed by atoms with Crippen LogP contribution in [0.1, 0.15) is 453 Å². The van der Waals surface area contributed by atoms with E-state index in [1.807, 2.05) is 0 Å². The van der Waals surface area contributed by atoms with E-state index in [0.29, 0.717) is 58.7 Å². The van der Waals surface area contributed by atoms with Gasteiger partial charge in [-0.25, -0.2) is 0 Å². The lowest BCUT2D eigenvalue weighted by Gasteiger charge is -2.30. The third-order valence-electron chi connectivity index (χ3n) is 30.6. The van der Waals surface area contributed by atoms with Crippen molar-refractivity contribution < 1.29 is 18.9 Å². The molecular formula is C126H174N2O8. The molecule has 0 spiro atoms. The van der Waals surface area contributed by atoms with Gasteiger partial charge in [-0.15, -0.1) is 0 Å². The van der Waals surface area contributed by atoms with Crippen LogP contribution in [0.15, 0.2) is 141 Å². The van der Waals surface area contributed by atoms with Gasteiger partial charge in [-0.2, -0.15) is 0 Å². The molecule has 0 saturated heterocycles. The topological polar surface area (TPSA) is 115 Å². The predicted molar refractivity (Wildman–Crippen MR) is 588 cm³/mol. The van der Waals surface area contributed by atoms with Gasteiger partial charge in [-0.1, -0.05) is 438 Å². The highest BCUT2D eigenvalue weighted by Gasteiger charge is 2.36. The minimum Gasteiger partial charge on any atom is -0.494 e. The van der Waals surface area contributed by atoms with Gasteiger partial charge in [-0.3, -0.25) is 28.3 Å². The molecule has 2 heterocycles. The summed E-state index contributed by atoms with van der Waals surface area (Å²) in [5.41, 5.74) is 6.47. The number of ether oxygens (including phenoxy) is 4. The first kappa shape index (κ1) is 105. The van der Waals surface area contributed by atoms with E-state index in [-0.39, 0.29) is 34.3 Å². The fourth-order valence-corrected chi connectivity index (χ4v) is 22.9. The Morgan fingerprint density at radius 2 is 0.346 bits per heavy atom. The summed E-state index contributed by atoms with van der Waals surface area (Å²) in [7, 11) is 0. The zero-order valence-electron chi connectivity index (χ0n) is 86.1. The fourth-order valence-electron chi connectivity index (χ4n) is 22.9. The van der Waals surface area contributed by atoms with Crippen LogP contribution in [0.2, 0.25) is 0 Å². The van der Waals surface area contributed by atoms with Crippen LogP contribution in [-0.4, -0.2) is 35.6 Å². The van der Waals surface area contributed by atoms with E-state index in [1.54, 1.807) is 9.13 Å². The molecule has 0 aliphatic carbocycles. The Kier molecular flexibility index (Phi) is 43.4. The zero-order valence-corrected chi connectivity index (χ0v) is 86.1. The normalized spacial score (nSPS) is 12.2. The second-order valence-corrected chi connectivity index (χ2v) is 41.3. The highest BCUT2D eigenvalue weighted by molar-refractivity contribution is 6.53. The Balaban J connectivity index is 1.09. The maximum absolute atomic E-state index is 17.2. The highest BCUT2D eigenvalue weighted by atomic mass is 16.5. The van der Waals surface area contributed by atoms with Crippen molar-refractivity contribution in [3.05, 3.63) is 163 Å². The van der Waals surface area contributed by atoms with E-state index in [2.05, 4.69) is 177 Å². The molecule has 0 unspecified atom stereocenters. The molecule has 0 saturated carbocycles. The number of rotatable bonds is 74. The lowest BCUT2D eigenvalue weighted by molar-refractivity contribution is 0.304. The fraction of sp³-hybridized carbons (Fsp3) is 0.587. The van der Waals surface area contributed by atoms with Crippen molar-refractivity contribution in [3.63, 3.8) is 0 Å². The molecule has 0 N–H and O–H groups in total. The molecule has 11 aromatic carbocycles. The molecule has 13 rings (SSSR count). The van der Waals surface area contributed by atoms with Crippen LogP contribution >= 0.6 is 0 Å². The molecular weight excluding hydrogens is 1670 g/mol. The van der Waals surface area contributed by atoms with E-state index in [0.717, 1.165) is 301 Å². The first-order valence-electron chi connectivity index (χ1n) is 56.6. The molecule has 10 heteroatoms. The Morgan fingerprint density at radius 1 is 0.184 bits per heavy atom. The summed E-state index contributed by atoms with van der Waals surface area (Å²) in [5, 5.41) is 12.4. The summed E-state index contributed by atoms with van der Waals surface area (Å²) in [6.45, 7) is 20.6. The van der Waals surface area contributed by atoms with Crippen molar-refractivity contribution in [2.45, 2.75) is 453 Å². The maximum Gasteiger partial charge on any atom is 0.261 e. The molecule has 0 bridgehead atoms. The molecule has 0 aliphatic heterocycles. The summed E-state index contributed by atoms with van der Waals surface area (Å²) >= 11 is 0. The zero-order chi connectivity index (χ0) is 95.0. The third-order valence-corrected chi connectivity index (χ3v) is 30.6. The minimum absolute atomic E-state index is 0.245. The quantitative estimate of drug-likeness (QED) is 0.0210. The van der Waals surface area contributed by atoms with Crippen LogP contribution < -0.4 is 41.2 Å². The van der Waals surface area contributed by atoms with Gasteiger partial charge in [0.2, 0.25) is 0 Å². The van der Waals surface area contributed by atoms with Crippen molar-refractivity contribution in [2.75, 3.05) is 26.4 Å². The standard InChI is InChI=1S/C126H174N2O8/c1-9-17-25-33-37-41-45-49-53-61-85-133-99-77-69-93(70-78-99)111-103-89-107-115-109(125(131)127(123(107)129)97(65-57-29-21-13-5)66-58-30-22-14-6)91-105-113(95-73-81-101(82-74-95)135-87-63-55-51-47-43-39-35-27-19-11-3)114(96-75-83-102(84-76-96)136-88-64-56-52-48-44-40-36-28-20-12-4)106-92-110-116-108(124(130)128(126(110)132)98(67-59-31-23-15-7)68-60-32-24-16-8)90-104(118-117(103)121(115)119(105)120(106)122(116)118)112(111)94-71-79-100(80-72-94)134-86-62-54-50-46-42-38-34-26-18-10-2/h69-84,89-92,97-98H,9-68,85-88H2,1-8H3. The van der Waals surface area contributed by atoms with E-state index in [1.165, 1.54) is 205 Å². The number of aromatic nitrogens is 2. The van der Waals surface area contributed by atoms with Crippen LogP contribution in [0.25, 0.3) is 131 Å². The van der Waals surface area contributed by atoms with Crippen LogP contribution in [-0.2, 0) is 0 Å². The van der Waals surface area contributed by atoms with Gasteiger partial charge in [0.25, 0.3) is 22.2 Å². The van der Waals surface area contributed by atoms with Gasteiger partial charge in [0, 0.05) is 55.2 Å². The molecule has 0 amide bonds. The lowest BCUT2D eigenvalue weighted by Crippen LogP contribution is -2.37. The van der Waals surface area contributed by atoms with Gasteiger partial charge in [0.1, 0.15) is 23.0 Å². The van der Waals surface area contributed by atoms with Gasteiger partial charge >= 0.3 is 0 Å². The molecule has 736 valence electrons. The second-order valence-electron chi connectivity index (χ2n) is 41.3. The summed E-state index contributed by atoms with van der Waals surface area (Å²) in [6, 6.07) is 43.0. The molecule has 0 radical (unpaired) electrons. The van der Waals surface area contributed by atoms with Gasteiger partial charge < -0.3 is 18.9 Å². The minimum atomic E-state index is -0.331. The van der Waals surface area contributed by atoms with Crippen molar-refractivity contribution in [2.24, 2.45) is 0 Å². The third kappa shape index (κ3) is 27.1. The Labute approximate surface area is 818 Å². The number of unbranched alkanes of at least 4 members (excludes halogenated alkanes) is 48. The Hall–Kier alpha value is -8.76. The summed E-state index contributed by atoms with van der Waals surface area (Å²) in [5.74, 6) is 3.20. The molecule has 2 aromatic heterocycles. The summed E-state index contributed by atoms with van der Waals surface area (Å²) in [4.78, 5) is 68.7. The van der Waals surface area contributed by atoms with E-state index >= 15 is 19.2 Å². The van der Waals surface area contributed by atoms with Crippen molar-refractivity contribution >= 4 is 86.2 Å². The molecule has 10 nitrogen and oxygen atoms in total. The largest absolute Gasteiger partial charge is 0.494 e. The van der Waals surface area contributed by atoms with Crippen molar-refractivity contribution in [3.8, 4) is 67.5 Å². The molecule has 0 aliphatic rings. The number of hydrogen-bond acceptors (Lipinski definition) is 8. The molecule has 136 heavy (non-hydrogen) atoms. The first-order chi connectivity index (χ1) is 67.0. The molecule has 0 fully saturated rings. The predicted octanol–water partition coefficient (Wildman–Crippen LogP) is 38.0. The highest BCUT2D eigenvalue weighted by Crippen LogP contribution is 2.60. The van der Waals surface area contributed by atoms with Crippen molar-refractivity contribution in [1.82, 2.24) is 9.13 Å². The smallest absolute Gasteiger partial charge is 0.261 e. The number of hydrogen-bond donors (Lipinski definition) is 0. The average Bonchev–Trinajstić information content (AvgIpc) is 0.650. The maximum atomic E-state index is 17.2. The van der Waals surface area contributed by atoms with Crippen LogP contribution in [0.4, 0.5) is 0 Å². The molecule has 0 atom stereocenters. The average molecular weight is 1840 g/mol. The number of pyridine rings is 2. The van der Waals surface area contributed by atoms with Gasteiger partial charge in [0.15, 0.2) is 0 Å². The summed E-state index contributed by atoms with van der Waals surface area (Å²) in [6.07, 6.45) is 69.1. The first-order valence-corrected chi connectivity index (χ1v) is 56.6. The van der Waals surface area contributed by atoms with Crippen LogP contribution in [0, 0.1) is 0 Å². The summed E-state index contributed by atoms with van der Waals surface area (Å²) < 4.78 is 30.5. The number of benzene rings is 11. The van der Waals surface area contributed by atoms with Crippen molar-refractivity contribution in [1.29, 1.82) is 0 Å². The van der Waals surface area contributed by atoms with E-state index < -0.39 is 0 Å². The van der Waals surface area contributed by atoms with Crippen LogP contribution in [0.3, 0.4) is 0 Å². The van der Waals surface area contributed by atoms with Gasteiger partial charge in [-0.05, 0) is 212 Å². The Bertz CT molecular complexity index is 5160. The van der Waals surface area contributed by atoms with Crippen LogP contribution in [0.5, 0.6) is 23.0 Å². The number of nitrogens with zero attached hydrogens (tertiary/aromatic N) is 2. The van der Waals surface area contributed by atoms with Gasteiger partial charge in [0.05, 0.1) is 26.4 Å². The Morgan fingerprint density at radius 3 is 0.522 bits per heavy atom. The SMILES string of the molecule is CCCCCCCCCCCCOc1ccc(-c2c(-c3ccc(OCCCCCCCCCCCC)cc3)c3cc4c(=O)n(C(CCCCCC)CCCCCC)c(=O)c5cc6c(-c7ccc(OCCCCCCCCCCCC)cc7)c(-c7ccc(OCCCCCCCCCCCC)cc7)c7cc8c(=O)n(C(CCCCCC)CCCCCC)c(=O)c9cc2c2c3c(c45)c6c7c2c98)cc1. The molecule has 13 aromatic rings. The lowest BCUT2D eigenvalue weighted by atomic mass is 9.73.